The first-order valence-corrected chi connectivity index (χ1v) is 2.79. The number of carboxylic acid groups (broad SMARTS) is 1. The Morgan fingerprint density at radius 2 is 2.30 bits per heavy atom. The van der Waals surface area contributed by atoms with Crippen LogP contribution in [0.2, 0.25) is 0 Å². The lowest BCUT2D eigenvalue weighted by molar-refractivity contribution is -0.137. The number of aliphatic carboxylic acids is 1. The zero-order valence-corrected chi connectivity index (χ0v) is 6.00. The van der Waals surface area contributed by atoms with Crippen LogP contribution in [0.3, 0.4) is 0 Å². The van der Waals surface area contributed by atoms with E-state index in [9.17, 15) is 4.79 Å². The Morgan fingerprint density at radius 3 is 2.40 bits per heavy atom. The van der Waals surface area contributed by atoms with Crippen LogP contribution < -0.4 is 0 Å². The Labute approximate surface area is 60.1 Å². The van der Waals surface area contributed by atoms with Gasteiger partial charge in [0, 0.05) is 6.54 Å². The van der Waals surface area contributed by atoms with Crippen molar-refractivity contribution in [1.82, 2.24) is 4.90 Å². The predicted molar refractivity (Wildman–Crippen MR) is 38.7 cm³/mol. The van der Waals surface area contributed by atoms with Crippen molar-refractivity contribution < 1.29 is 15.4 Å². The highest BCUT2D eigenvalue weighted by atomic mass is 16.4. The summed E-state index contributed by atoms with van der Waals surface area (Å²) in [7, 11) is 0. The lowest BCUT2D eigenvalue weighted by Crippen LogP contribution is -2.23. The molecular formula is C6H13NO3. The number of hydrogen-bond acceptors (Lipinski definition) is 2. The second-order valence-corrected chi connectivity index (χ2v) is 1.64. The van der Waals surface area contributed by atoms with Gasteiger partial charge < -0.3 is 15.5 Å². The first-order chi connectivity index (χ1) is 4.20. The molecule has 60 valence electrons. The molecule has 0 bridgehead atoms. The molecule has 0 radical (unpaired) electrons. The van der Waals surface area contributed by atoms with E-state index in [1.165, 1.54) is 6.20 Å². The van der Waals surface area contributed by atoms with E-state index in [0.717, 1.165) is 0 Å². The van der Waals surface area contributed by atoms with E-state index in [1.54, 1.807) is 4.90 Å². The van der Waals surface area contributed by atoms with Gasteiger partial charge in [0.2, 0.25) is 0 Å². The minimum atomic E-state index is -0.822. The van der Waals surface area contributed by atoms with Crippen LogP contribution in [0.1, 0.15) is 6.92 Å². The number of carbonyl (C=O) groups is 1. The molecule has 4 heteroatoms. The second-order valence-electron chi connectivity index (χ2n) is 1.64. The molecule has 0 atom stereocenters. The fourth-order valence-corrected chi connectivity index (χ4v) is 0.479. The van der Waals surface area contributed by atoms with E-state index in [-0.39, 0.29) is 12.0 Å². The van der Waals surface area contributed by atoms with Crippen LogP contribution in [0.25, 0.3) is 0 Å². The van der Waals surface area contributed by atoms with Crippen molar-refractivity contribution in [3.8, 4) is 0 Å². The third kappa shape index (κ3) is 5.11. The summed E-state index contributed by atoms with van der Waals surface area (Å²) in [6, 6.07) is 0. The highest BCUT2D eigenvalue weighted by molar-refractivity contribution is 5.69. The molecule has 10 heavy (non-hydrogen) atoms. The lowest BCUT2D eigenvalue weighted by atomic mass is 10.5. The summed E-state index contributed by atoms with van der Waals surface area (Å²) in [6.07, 6.45) is 1.52. The van der Waals surface area contributed by atoms with Gasteiger partial charge in [-0.25, -0.2) is 0 Å². The average Bonchev–Trinajstić information content (AvgIpc) is 1.82. The molecule has 0 unspecified atom stereocenters. The van der Waals surface area contributed by atoms with E-state index in [0.29, 0.717) is 6.54 Å². The third-order valence-electron chi connectivity index (χ3n) is 1.00. The number of hydrogen-bond donors (Lipinski definition) is 1. The summed E-state index contributed by atoms with van der Waals surface area (Å²) in [4.78, 5) is 11.7. The molecule has 0 rings (SSSR count). The Balaban J connectivity index is 0. The summed E-state index contributed by atoms with van der Waals surface area (Å²) in [5.74, 6) is -0.822. The van der Waals surface area contributed by atoms with Crippen molar-refractivity contribution in [2.45, 2.75) is 6.92 Å². The highest BCUT2D eigenvalue weighted by Crippen LogP contribution is 1.85. The predicted octanol–water partition coefficient (Wildman–Crippen LogP) is -0.288. The highest BCUT2D eigenvalue weighted by Gasteiger charge is 1.99. The summed E-state index contributed by atoms with van der Waals surface area (Å²) < 4.78 is 0. The standard InChI is InChI=1S/C6H11NO2.H2O/c1-3-7(4-2)5-6(8)9;/h3H,1,4-5H2,2H3,(H,8,9);1H2. The Bertz CT molecular complexity index is 114. The van der Waals surface area contributed by atoms with Crippen molar-refractivity contribution >= 4 is 5.97 Å². The topological polar surface area (TPSA) is 72.0 Å². The normalized spacial score (nSPS) is 7.70. The van der Waals surface area contributed by atoms with Crippen molar-refractivity contribution in [1.29, 1.82) is 0 Å². The van der Waals surface area contributed by atoms with Gasteiger partial charge >= 0.3 is 5.97 Å². The quantitative estimate of drug-likeness (QED) is 0.594. The zero-order chi connectivity index (χ0) is 7.28. The van der Waals surface area contributed by atoms with Crippen molar-refractivity contribution in [3.05, 3.63) is 12.8 Å². The van der Waals surface area contributed by atoms with Crippen LogP contribution >= 0.6 is 0 Å². The fourth-order valence-electron chi connectivity index (χ4n) is 0.479. The van der Waals surface area contributed by atoms with Gasteiger partial charge in [0.1, 0.15) is 6.54 Å². The van der Waals surface area contributed by atoms with Crippen molar-refractivity contribution in [2.75, 3.05) is 13.1 Å². The smallest absolute Gasteiger partial charge is 0.323 e. The fraction of sp³-hybridized carbons (Fsp3) is 0.500. The van der Waals surface area contributed by atoms with Gasteiger partial charge in [0.25, 0.3) is 0 Å². The Morgan fingerprint density at radius 1 is 1.80 bits per heavy atom. The summed E-state index contributed by atoms with van der Waals surface area (Å²) >= 11 is 0. The van der Waals surface area contributed by atoms with E-state index in [1.807, 2.05) is 6.92 Å². The van der Waals surface area contributed by atoms with Crippen molar-refractivity contribution in [3.63, 3.8) is 0 Å². The van der Waals surface area contributed by atoms with E-state index >= 15 is 0 Å². The number of rotatable bonds is 4. The van der Waals surface area contributed by atoms with Crippen LogP contribution in [0, 0.1) is 0 Å². The van der Waals surface area contributed by atoms with Crippen LogP contribution in [0.4, 0.5) is 0 Å². The molecule has 0 heterocycles. The van der Waals surface area contributed by atoms with Gasteiger partial charge in [-0.05, 0) is 13.1 Å². The van der Waals surface area contributed by atoms with Gasteiger partial charge in [-0.1, -0.05) is 6.58 Å². The third-order valence-corrected chi connectivity index (χ3v) is 1.00. The molecule has 3 N–H and O–H groups in total. The minimum Gasteiger partial charge on any atom is -0.480 e. The average molecular weight is 147 g/mol. The summed E-state index contributed by atoms with van der Waals surface area (Å²) in [6.45, 7) is 6.06. The largest absolute Gasteiger partial charge is 0.480 e. The first-order valence-electron chi connectivity index (χ1n) is 2.79. The van der Waals surface area contributed by atoms with E-state index in [2.05, 4.69) is 6.58 Å². The maximum atomic E-state index is 10.0. The maximum absolute atomic E-state index is 10.0. The molecule has 4 nitrogen and oxygen atoms in total. The molecule has 0 saturated carbocycles. The summed E-state index contributed by atoms with van der Waals surface area (Å²) in [5.41, 5.74) is 0. The van der Waals surface area contributed by atoms with E-state index in [4.69, 9.17) is 5.11 Å². The Kier molecular flexibility index (Phi) is 7.15. The molecule has 0 aliphatic rings. The molecule has 0 fully saturated rings. The molecule has 0 aliphatic heterocycles. The number of nitrogens with zero attached hydrogens (tertiary/aromatic N) is 1. The molecule has 0 aromatic heterocycles. The molecule has 0 aromatic carbocycles. The molecule has 0 amide bonds. The molecule has 0 spiro atoms. The van der Waals surface area contributed by atoms with Crippen LogP contribution in [-0.2, 0) is 4.79 Å². The van der Waals surface area contributed by atoms with Gasteiger partial charge in [-0.3, -0.25) is 4.79 Å². The van der Waals surface area contributed by atoms with Gasteiger partial charge in [0.05, 0.1) is 0 Å². The number of likely N-dealkylation sites (N-methyl/N-ethyl adjacent to an activating group) is 1. The first kappa shape index (κ1) is 11.7. The van der Waals surface area contributed by atoms with Gasteiger partial charge in [-0.15, -0.1) is 0 Å². The van der Waals surface area contributed by atoms with Crippen molar-refractivity contribution in [2.24, 2.45) is 0 Å². The monoisotopic (exact) mass is 147 g/mol. The Hall–Kier alpha value is -1.03. The SMILES string of the molecule is C=CN(CC)CC(=O)O.O. The van der Waals surface area contributed by atoms with E-state index < -0.39 is 5.97 Å². The molecule has 0 aliphatic carbocycles. The second kappa shape index (κ2) is 6.10. The van der Waals surface area contributed by atoms with Crippen LogP contribution in [0.15, 0.2) is 12.8 Å². The van der Waals surface area contributed by atoms with Gasteiger partial charge in [0.15, 0.2) is 0 Å². The molecule has 0 aromatic rings. The molecular weight excluding hydrogens is 134 g/mol. The maximum Gasteiger partial charge on any atom is 0.323 e. The number of carboxylic acids is 1. The van der Waals surface area contributed by atoms with Crippen LogP contribution in [-0.4, -0.2) is 34.5 Å². The zero-order valence-electron chi connectivity index (χ0n) is 6.00. The molecule has 0 saturated heterocycles. The summed E-state index contributed by atoms with van der Waals surface area (Å²) in [5, 5.41) is 8.26. The van der Waals surface area contributed by atoms with Gasteiger partial charge in [-0.2, -0.15) is 0 Å². The minimum absolute atomic E-state index is 0. The lowest BCUT2D eigenvalue weighted by Gasteiger charge is -2.13. The van der Waals surface area contributed by atoms with Crippen LogP contribution in [0.5, 0.6) is 0 Å².